The van der Waals surface area contributed by atoms with Gasteiger partial charge in [-0.25, -0.2) is 4.98 Å². The predicted octanol–water partition coefficient (Wildman–Crippen LogP) is 3.44. The number of aromatic nitrogens is 4. The molecule has 3 heterocycles. The fourth-order valence-corrected chi connectivity index (χ4v) is 5.67. The topological polar surface area (TPSA) is 114 Å². The first-order chi connectivity index (χ1) is 16.1. The molecule has 1 amide bonds. The lowest BCUT2D eigenvalue weighted by atomic mass is 9.92. The Morgan fingerprint density at radius 3 is 2.39 bits per heavy atom. The fourth-order valence-electron chi connectivity index (χ4n) is 5.67. The van der Waals surface area contributed by atoms with Crippen LogP contribution in [-0.2, 0) is 4.79 Å². The summed E-state index contributed by atoms with van der Waals surface area (Å²) in [5.41, 5.74) is 7.88. The Labute approximate surface area is 195 Å². The van der Waals surface area contributed by atoms with Crippen LogP contribution in [0.5, 0.6) is 0 Å². The van der Waals surface area contributed by atoms with Gasteiger partial charge in [-0.3, -0.25) is 4.79 Å². The minimum absolute atomic E-state index is 0.242. The fraction of sp³-hybridized carbons (Fsp3) is 0.750. The number of rotatable bonds is 6. The van der Waals surface area contributed by atoms with Crippen molar-refractivity contribution in [3.05, 3.63) is 6.33 Å². The molecule has 1 saturated heterocycles. The maximum atomic E-state index is 12.0. The summed E-state index contributed by atoms with van der Waals surface area (Å²) in [5.74, 6) is 1.74. The number of nitrogens with zero attached hydrogens (tertiary/aromatic N) is 5. The van der Waals surface area contributed by atoms with Gasteiger partial charge in [-0.2, -0.15) is 9.97 Å². The summed E-state index contributed by atoms with van der Waals surface area (Å²) in [7, 11) is 0. The van der Waals surface area contributed by atoms with Gasteiger partial charge in [0.1, 0.15) is 0 Å². The molecular weight excluding hydrogens is 416 g/mol. The number of carbonyl (C=O) groups excluding carboxylic acids is 1. The van der Waals surface area contributed by atoms with E-state index in [0.29, 0.717) is 30.5 Å². The van der Waals surface area contributed by atoms with Crippen molar-refractivity contribution < 1.29 is 4.79 Å². The van der Waals surface area contributed by atoms with Crippen molar-refractivity contribution in [3.63, 3.8) is 0 Å². The highest BCUT2D eigenvalue weighted by atomic mass is 16.2. The van der Waals surface area contributed by atoms with E-state index in [0.717, 1.165) is 68.6 Å². The highest BCUT2D eigenvalue weighted by Crippen LogP contribution is 2.33. The first kappa shape index (κ1) is 22.4. The van der Waals surface area contributed by atoms with Crippen LogP contribution in [0, 0.1) is 0 Å². The summed E-state index contributed by atoms with van der Waals surface area (Å²) < 4.78 is 2.26. The SMILES string of the molecule is CCC(=O)N1CCC(Nc2nc(NC3CCC(N)CC3)nc3c2ncn3C2CCCC2)CC1. The second kappa shape index (κ2) is 9.83. The maximum Gasteiger partial charge on any atom is 0.227 e. The van der Waals surface area contributed by atoms with Crippen LogP contribution in [0.3, 0.4) is 0 Å². The molecule has 0 unspecified atom stereocenters. The molecule has 3 fully saturated rings. The van der Waals surface area contributed by atoms with Crippen molar-refractivity contribution in [1.29, 1.82) is 0 Å². The summed E-state index contributed by atoms with van der Waals surface area (Å²) in [6.07, 6.45) is 13.5. The zero-order valence-corrected chi connectivity index (χ0v) is 19.8. The van der Waals surface area contributed by atoms with E-state index in [2.05, 4.69) is 15.2 Å². The first-order valence-corrected chi connectivity index (χ1v) is 12.9. The Balaban J connectivity index is 1.38. The lowest BCUT2D eigenvalue weighted by Crippen LogP contribution is -2.42. The molecule has 0 aromatic carbocycles. The summed E-state index contributed by atoms with van der Waals surface area (Å²) >= 11 is 0. The van der Waals surface area contributed by atoms with Crippen LogP contribution in [0.2, 0.25) is 0 Å². The molecule has 0 atom stereocenters. The molecule has 4 N–H and O–H groups in total. The maximum absolute atomic E-state index is 12.0. The van der Waals surface area contributed by atoms with Crippen LogP contribution in [0.15, 0.2) is 6.33 Å². The van der Waals surface area contributed by atoms with E-state index in [9.17, 15) is 4.79 Å². The van der Waals surface area contributed by atoms with E-state index < -0.39 is 0 Å². The van der Waals surface area contributed by atoms with Crippen LogP contribution in [0.4, 0.5) is 11.8 Å². The number of carbonyl (C=O) groups is 1. The van der Waals surface area contributed by atoms with Gasteiger partial charge < -0.3 is 25.8 Å². The molecule has 0 radical (unpaired) electrons. The van der Waals surface area contributed by atoms with Gasteiger partial charge >= 0.3 is 0 Å². The molecule has 3 aliphatic rings. The number of anilines is 2. The summed E-state index contributed by atoms with van der Waals surface area (Å²) in [5, 5.41) is 7.26. The van der Waals surface area contributed by atoms with Gasteiger partial charge in [0.05, 0.1) is 6.33 Å². The van der Waals surface area contributed by atoms with Crippen LogP contribution in [-0.4, -0.2) is 61.5 Å². The van der Waals surface area contributed by atoms with Gasteiger partial charge in [0.2, 0.25) is 11.9 Å². The van der Waals surface area contributed by atoms with Crippen LogP contribution >= 0.6 is 0 Å². The summed E-state index contributed by atoms with van der Waals surface area (Å²) in [6.45, 7) is 3.52. The number of piperidine rings is 1. The first-order valence-electron chi connectivity index (χ1n) is 12.9. The highest BCUT2D eigenvalue weighted by Gasteiger charge is 2.26. The van der Waals surface area contributed by atoms with Gasteiger partial charge in [-0.15, -0.1) is 0 Å². The smallest absolute Gasteiger partial charge is 0.227 e. The molecule has 2 aromatic rings. The van der Waals surface area contributed by atoms with Crippen molar-refractivity contribution in [2.45, 2.75) is 102 Å². The van der Waals surface area contributed by atoms with Gasteiger partial charge in [-0.1, -0.05) is 19.8 Å². The third-order valence-corrected chi connectivity index (χ3v) is 7.74. The molecule has 2 aliphatic carbocycles. The standard InChI is InChI=1S/C24H38N8O/c1-2-20(33)31-13-11-18(12-14-31)27-22-21-23(32(15-26-21)19-5-3-4-6-19)30-24(29-22)28-17-9-7-16(25)8-10-17/h15-19H,2-14,25H2,1H3,(H2,27,28,29,30). The summed E-state index contributed by atoms with van der Waals surface area (Å²) in [6, 6.07) is 1.43. The average molecular weight is 455 g/mol. The van der Waals surface area contributed by atoms with Crippen LogP contribution in [0.1, 0.15) is 83.6 Å². The third kappa shape index (κ3) is 4.93. The summed E-state index contributed by atoms with van der Waals surface area (Å²) in [4.78, 5) is 28.6. The van der Waals surface area contributed by atoms with Crippen molar-refractivity contribution in [2.24, 2.45) is 5.73 Å². The number of hydrogen-bond donors (Lipinski definition) is 3. The van der Waals surface area contributed by atoms with Gasteiger partial charge in [0, 0.05) is 43.7 Å². The van der Waals surface area contributed by atoms with Crippen molar-refractivity contribution in [1.82, 2.24) is 24.4 Å². The van der Waals surface area contributed by atoms with E-state index in [-0.39, 0.29) is 11.9 Å². The van der Waals surface area contributed by atoms with E-state index >= 15 is 0 Å². The van der Waals surface area contributed by atoms with Crippen molar-refractivity contribution in [3.8, 4) is 0 Å². The zero-order chi connectivity index (χ0) is 22.8. The number of nitrogens with two attached hydrogens (primary N) is 1. The molecule has 9 heteroatoms. The second-order valence-corrected chi connectivity index (χ2v) is 10.1. The van der Waals surface area contributed by atoms with E-state index in [1.54, 1.807) is 0 Å². The molecule has 0 bridgehead atoms. The minimum Gasteiger partial charge on any atom is -0.365 e. The Morgan fingerprint density at radius 2 is 1.70 bits per heavy atom. The Kier molecular flexibility index (Phi) is 6.66. The molecule has 2 aromatic heterocycles. The van der Waals surface area contributed by atoms with E-state index in [4.69, 9.17) is 20.7 Å². The normalized spacial score (nSPS) is 25.0. The molecule has 180 valence electrons. The quantitative estimate of drug-likeness (QED) is 0.613. The molecule has 2 saturated carbocycles. The number of likely N-dealkylation sites (tertiary alicyclic amines) is 1. The minimum atomic E-state index is 0.242. The van der Waals surface area contributed by atoms with Gasteiger partial charge in [0.15, 0.2) is 17.0 Å². The largest absolute Gasteiger partial charge is 0.365 e. The Hall–Kier alpha value is -2.42. The Morgan fingerprint density at radius 1 is 1.00 bits per heavy atom. The zero-order valence-electron chi connectivity index (χ0n) is 19.8. The monoisotopic (exact) mass is 454 g/mol. The van der Waals surface area contributed by atoms with Crippen LogP contribution < -0.4 is 16.4 Å². The van der Waals surface area contributed by atoms with Crippen LogP contribution in [0.25, 0.3) is 11.2 Å². The van der Waals surface area contributed by atoms with Gasteiger partial charge in [0.25, 0.3) is 0 Å². The number of imidazole rings is 1. The lowest BCUT2D eigenvalue weighted by Gasteiger charge is -2.32. The molecular formula is C24H38N8O. The Bertz CT molecular complexity index is 953. The molecule has 9 nitrogen and oxygen atoms in total. The van der Waals surface area contributed by atoms with Crippen molar-refractivity contribution >= 4 is 28.8 Å². The average Bonchev–Trinajstić information content (AvgIpc) is 3.50. The number of fused-ring (bicyclic) bond motifs is 1. The van der Waals surface area contributed by atoms with E-state index in [1.165, 1.54) is 25.7 Å². The number of hydrogen-bond acceptors (Lipinski definition) is 7. The molecule has 5 rings (SSSR count). The molecule has 33 heavy (non-hydrogen) atoms. The number of nitrogens with one attached hydrogen (secondary N) is 2. The molecule has 0 spiro atoms. The molecule has 1 aliphatic heterocycles. The van der Waals surface area contributed by atoms with Crippen molar-refractivity contribution in [2.75, 3.05) is 23.7 Å². The lowest BCUT2D eigenvalue weighted by molar-refractivity contribution is -0.131. The van der Waals surface area contributed by atoms with E-state index in [1.807, 2.05) is 18.2 Å². The third-order valence-electron chi connectivity index (χ3n) is 7.74. The number of amides is 1. The highest BCUT2D eigenvalue weighted by molar-refractivity contribution is 5.84. The predicted molar refractivity (Wildman–Crippen MR) is 130 cm³/mol. The second-order valence-electron chi connectivity index (χ2n) is 10.1. The van der Waals surface area contributed by atoms with Gasteiger partial charge in [-0.05, 0) is 51.4 Å².